The van der Waals surface area contributed by atoms with Crippen molar-refractivity contribution in [2.45, 2.75) is 17.4 Å². The fraction of sp³-hybridized carbons (Fsp3) is 0.333. The van der Waals surface area contributed by atoms with Gasteiger partial charge in [-0.25, -0.2) is 0 Å². The van der Waals surface area contributed by atoms with Crippen molar-refractivity contribution in [1.82, 2.24) is 0 Å². The predicted molar refractivity (Wildman–Crippen MR) is 56.6 cm³/mol. The van der Waals surface area contributed by atoms with Crippen molar-refractivity contribution in [2.75, 3.05) is 0 Å². The molecule has 0 spiro atoms. The van der Waals surface area contributed by atoms with Crippen molar-refractivity contribution in [3.8, 4) is 0 Å². The van der Waals surface area contributed by atoms with E-state index in [1.165, 1.54) is 5.56 Å². The standard InChI is InChI=1S/C9H12S2/c1-7(9(10)11)8-5-3-2-4-6-8/h2-7,9-11H,1H3. The second kappa shape index (κ2) is 4.07. The van der Waals surface area contributed by atoms with E-state index in [9.17, 15) is 0 Å². The van der Waals surface area contributed by atoms with Crippen LogP contribution in [0.5, 0.6) is 0 Å². The summed E-state index contributed by atoms with van der Waals surface area (Å²) in [5.41, 5.74) is 1.29. The molecule has 11 heavy (non-hydrogen) atoms. The van der Waals surface area contributed by atoms with E-state index in [4.69, 9.17) is 0 Å². The molecule has 1 aromatic rings. The van der Waals surface area contributed by atoms with E-state index in [0.29, 0.717) is 5.92 Å². The average Bonchev–Trinajstić information content (AvgIpc) is 2.05. The van der Waals surface area contributed by atoms with Gasteiger partial charge in [-0.15, -0.1) is 0 Å². The van der Waals surface area contributed by atoms with Crippen molar-refractivity contribution in [3.63, 3.8) is 0 Å². The highest BCUT2D eigenvalue weighted by Gasteiger charge is 2.09. The lowest BCUT2D eigenvalue weighted by Gasteiger charge is -2.13. The van der Waals surface area contributed by atoms with Gasteiger partial charge in [0, 0.05) is 5.92 Å². The molecule has 1 aromatic carbocycles. The minimum absolute atomic E-state index is 0.123. The highest BCUT2D eigenvalue weighted by Crippen LogP contribution is 2.24. The zero-order chi connectivity index (χ0) is 8.27. The number of hydrogen-bond acceptors (Lipinski definition) is 2. The summed E-state index contributed by atoms with van der Waals surface area (Å²) in [6.07, 6.45) is 0. The smallest absolute Gasteiger partial charge is 0.0508 e. The van der Waals surface area contributed by atoms with E-state index < -0.39 is 0 Å². The van der Waals surface area contributed by atoms with Crippen LogP contribution in [-0.4, -0.2) is 4.58 Å². The number of thiol groups is 2. The fourth-order valence-electron chi connectivity index (χ4n) is 0.929. The molecule has 0 nitrogen and oxygen atoms in total. The monoisotopic (exact) mass is 184 g/mol. The maximum Gasteiger partial charge on any atom is 0.0508 e. The first-order valence-corrected chi connectivity index (χ1v) is 4.66. The van der Waals surface area contributed by atoms with Crippen LogP contribution in [0.2, 0.25) is 0 Å². The highest BCUT2D eigenvalue weighted by molar-refractivity contribution is 7.99. The number of rotatable bonds is 2. The van der Waals surface area contributed by atoms with E-state index in [-0.39, 0.29) is 4.58 Å². The van der Waals surface area contributed by atoms with Gasteiger partial charge in [-0.1, -0.05) is 37.3 Å². The Labute approximate surface area is 78.8 Å². The zero-order valence-electron chi connectivity index (χ0n) is 6.44. The largest absolute Gasteiger partial charge is 0.165 e. The van der Waals surface area contributed by atoms with Gasteiger partial charge >= 0.3 is 0 Å². The molecule has 0 aliphatic rings. The first kappa shape index (κ1) is 9.01. The summed E-state index contributed by atoms with van der Waals surface area (Å²) >= 11 is 8.54. The van der Waals surface area contributed by atoms with E-state index in [0.717, 1.165) is 0 Å². The molecule has 0 radical (unpaired) electrons. The first-order chi connectivity index (χ1) is 5.22. The van der Waals surface area contributed by atoms with E-state index in [2.05, 4.69) is 44.3 Å². The maximum absolute atomic E-state index is 4.27. The summed E-state index contributed by atoms with van der Waals surface area (Å²) < 4.78 is 0.123. The average molecular weight is 184 g/mol. The molecule has 0 aliphatic carbocycles. The van der Waals surface area contributed by atoms with Gasteiger partial charge < -0.3 is 0 Å². The minimum Gasteiger partial charge on any atom is -0.165 e. The highest BCUT2D eigenvalue weighted by atomic mass is 32.2. The Morgan fingerprint density at radius 1 is 1.09 bits per heavy atom. The Hall–Kier alpha value is -0.0800. The third-order valence-electron chi connectivity index (χ3n) is 1.77. The predicted octanol–water partition coefficient (Wildman–Crippen LogP) is 2.98. The van der Waals surface area contributed by atoms with Gasteiger partial charge in [0.2, 0.25) is 0 Å². The maximum atomic E-state index is 4.27. The van der Waals surface area contributed by atoms with Gasteiger partial charge in [0.25, 0.3) is 0 Å². The molecule has 0 N–H and O–H groups in total. The normalized spacial score (nSPS) is 13.5. The van der Waals surface area contributed by atoms with Crippen LogP contribution in [0.1, 0.15) is 18.4 Å². The van der Waals surface area contributed by atoms with Crippen LogP contribution < -0.4 is 0 Å². The Morgan fingerprint density at radius 2 is 1.64 bits per heavy atom. The third kappa shape index (κ3) is 2.46. The third-order valence-corrected chi connectivity index (χ3v) is 2.67. The molecule has 0 saturated carbocycles. The Bertz CT molecular complexity index is 206. The van der Waals surface area contributed by atoms with Gasteiger partial charge in [0.15, 0.2) is 0 Å². The van der Waals surface area contributed by atoms with Crippen LogP contribution in [0.25, 0.3) is 0 Å². The molecule has 0 aliphatic heterocycles. The van der Waals surface area contributed by atoms with Gasteiger partial charge in [0.1, 0.15) is 0 Å². The Balaban J connectivity index is 2.77. The Morgan fingerprint density at radius 3 is 2.09 bits per heavy atom. The molecule has 60 valence electrons. The first-order valence-electron chi connectivity index (χ1n) is 3.63. The lowest BCUT2D eigenvalue weighted by atomic mass is 10.0. The lowest BCUT2D eigenvalue weighted by Crippen LogP contribution is -2.01. The molecular formula is C9H12S2. The molecule has 1 unspecified atom stereocenters. The van der Waals surface area contributed by atoms with Gasteiger partial charge in [-0.2, -0.15) is 25.3 Å². The minimum atomic E-state index is 0.123. The van der Waals surface area contributed by atoms with Crippen LogP contribution in [0.15, 0.2) is 30.3 Å². The van der Waals surface area contributed by atoms with E-state index in [1.807, 2.05) is 18.2 Å². The van der Waals surface area contributed by atoms with Gasteiger partial charge in [0.05, 0.1) is 4.58 Å². The molecule has 0 heterocycles. The summed E-state index contributed by atoms with van der Waals surface area (Å²) in [5.74, 6) is 0.405. The van der Waals surface area contributed by atoms with Crippen LogP contribution in [0, 0.1) is 0 Å². The molecule has 2 heteroatoms. The molecule has 0 aromatic heterocycles. The summed E-state index contributed by atoms with van der Waals surface area (Å²) in [7, 11) is 0. The molecular weight excluding hydrogens is 172 g/mol. The summed E-state index contributed by atoms with van der Waals surface area (Å²) in [4.78, 5) is 0. The second-order valence-electron chi connectivity index (χ2n) is 2.61. The number of benzene rings is 1. The second-order valence-corrected chi connectivity index (χ2v) is 4.13. The molecule has 0 amide bonds. The van der Waals surface area contributed by atoms with Crippen LogP contribution >= 0.6 is 25.3 Å². The topological polar surface area (TPSA) is 0 Å². The number of hydrogen-bond donors (Lipinski definition) is 2. The van der Waals surface area contributed by atoms with Crippen molar-refractivity contribution in [2.24, 2.45) is 0 Å². The summed E-state index contributed by atoms with van der Waals surface area (Å²) in [6, 6.07) is 10.3. The zero-order valence-corrected chi connectivity index (χ0v) is 8.22. The van der Waals surface area contributed by atoms with Crippen molar-refractivity contribution in [1.29, 1.82) is 0 Å². The van der Waals surface area contributed by atoms with Crippen LogP contribution in [0.4, 0.5) is 0 Å². The van der Waals surface area contributed by atoms with E-state index >= 15 is 0 Å². The fourth-order valence-corrected chi connectivity index (χ4v) is 1.27. The lowest BCUT2D eigenvalue weighted by molar-refractivity contribution is 0.854. The molecule has 1 rings (SSSR count). The molecule has 0 bridgehead atoms. The van der Waals surface area contributed by atoms with Gasteiger partial charge in [-0.05, 0) is 5.56 Å². The Kier molecular flexibility index (Phi) is 3.34. The molecule has 0 saturated heterocycles. The SMILES string of the molecule is CC(c1ccccc1)C(S)S. The van der Waals surface area contributed by atoms with Crippen LogP contribution in [0.3, 0.4) is 0 Å². The molecule has 0 fully saturated rings. The summed E-state index contributed by atoms with van der Waals surface area (Å²) in [5, 5.41) is 0. The van der Waals surface area contributed by atoms with Gasteiger partial charge in [-0.3, -0.25) is 0 Å². The van der Waals surface area contributed by atoms with Crippen LogP contribution in [-0.2, 0) is 0 Å². The summed E-state index contributed by atoms with van der Waals surface area (Å²) in [6.45, 7) is 2.12. The molecule has 1 atom stereocenters. The van der Waals surface area contributed by atoms with Crippen molar-refractivity contribution < 1.29 is 0 Å². The van der Waals surface area contributed by atoms with Crippen molar-refractivity contribution in [3.05, 3.63) is 35.9 Å². The van der Waals surface area contributed by atoms with E-state index in [1.54, 1.807) is 0 Å². The van der Waals surface area contributed by atoms with Crippen molar-refractivity contribution >= 4 is 25.3 Å². The quantitative estimate of drug-likeness (QED) is 0.512.